The molecule has 12 atom stereocenters. The van der Waals surface area contributed by atoms with E-state index in [0.717, 1.165) is 47.8 Å². The fraction of sp³-hybridized carbons (Fsp3) is 1.00. The molecule has 5 rings (SSSR count). The Morgan fingerprint density at radius 3 is 2.26 bits per heavy atom. The molecule has 4 saturated carbocycles. The number of hydrogen-bond acceptors (Lipinski definition) is 4. The molecule has 0 aromatic carbocycles. The van der Waals surface area contributed by atoms with E-state index < -0.39 is 0 Å². The Hall–Kier alpha value is -0.160. The smallest absolute Gasteiger partial charge is 0.160 e. The quantitative estimate of drug-likeness (QED) is 0.280. The second-order valence-corrected chi connectivity index (χ2v) is 15.3. The second kappa shape index (κ2) is 12.0. The Morgan fingerprint density at radius 1 is 0.789 bits per heavy atom. The van der Waals surface area contributed by atoms with Gasteiger partial charge in [-0.3, -0.25) is 0 Å². The van der Waals surface area contributed by atoms with Crippen LogP contribution in [0.15, 0.2) is 0 Å². The highest BCUT2D eigenvalue weighted by atomic mass is 16.7. The lowest BCUT2D eigenvalue weighted by atomic mass is 9.44. The predicted octanol–water partition coefficient (Wildman–Crippen LogP) is 8.27. The van der Waals surface area contributed by atoms with Crippen molar-refractivity contribution in [3.8, 4) is 0 Å². The molecule has 0 spiro atoms. The molecule has 220 valence electrons. The predicted molar refractivity (Wildman–Crippen MR) is 154 cm³/mol. The molecule has 1 saturated heterocycles. The van der Waals surface area contributed by atoms with Gasteiger partial charge in [-0.2, -0.15) is 0 Å². The summed E-state index contributed by atoms with van der Waals surface area (Å²) in [5.41, 5.74) is 1.10. The van der Waals surface area contributed by atoms with Crippen molar-refractivity contribution in [3.05, 3.63) is 0 Å². The van der Waals surface area contributed by atoms with E-state index in [1.54, 1.807) is 14.2 Å². The van der Waals surface area contributed by atoms with Crippen LogP contribution in [-0.2, 0) is 18.9 Å². The van der Waals surface area contributed by atoms with Crippen molar-refractivity contribution in [2.75, 3.05) is 20.8 Å². The van der Waals surface area contributed by atoms with Crippen LogP contribution in [0.3, 0.4) is 0 Å². The van der Waals surface area contributed by atoms with E-state index in [9.17, 15) is 0 Å². The van der Waals surface area contributed by atoms with Gasteiger partial charge in [0.1, 0.15) is 6.10 Å². The zero-order chi connectivity index (χ0) is 27.1. The van der Waals surface area contributed by atoms with Gasteiger partial charge in [-0.25, -0.2) is 0 Å². The topological polar surface area (TPSA) is 36.9 Å². The van der Waals surface area contributed by atoms with Gasteiger partial charge in [0.15, 0.2) is 6.29 Å². The van der Waals surface area contributed by atoms with E-state index in [2.05, 4.69) is 34.6 Å². The van der Waals surface area contributed by atoms with Crippen LogP contribution < -0.4 is 0 Å². The standard InChI is InChI=1S/C34H60O4/c1-22(2)9-8-10-23(3)27-13-14-28-26-12-11-24-19-25(38-32-20-30(35-6)31(36-7)21-37-32)15-17-33(24,4)29(26)16-18-34(27,28)5/h22-32H,8-21H2,1-7H3/t23-,24-,25-,26-,27+,28-,29-,30+,31-,32?,33-,34+/m0/s1. The second-order valence-electron chi connectivity index (χ2n) is 15.3. The molecule has 0 aromatic rings. The number of fused-ring (bicyclic) bond motifs is 5. The van der Waals surface area contributed by atoms with Gasteiger partial charge in [-0.15, -0.1) is 0 Å². The van der Waals surface area contributed by atoms with E-state index in [4.69, 9.17) is 18.9 Å². The molecule has 0 radical (unpaired) electrons. The maximum absolute atomic E-state index is 6.60. The summed E-state index contributed by atoms with van der Waals surface area (Å²) in [5.74, 6) is 6.39. The lowest BCUT2D eigenvalue weighted by Crippen LogP contribution is -2.54. The Morgan fingerprint density at radius 2 is 1.53 bits per heavy atom. The minimum Gasteiger partial charge on any atom is -0.378 e. The van der Waals surface area contributed by atoms with Crippen molar-refractivity contribution < 1.29 is 18.9 Å². The first-order valence-electron chi connectivity index (χ1n) is 16.5. The summed E-state index contributed by atoms with van der Waals surface area (Å²) in [7, 11) is 3.52. The summed E-state index contributed by atoms with van der Waals surface area (Å²) < 4.78 is 23.9. The van der Waals surface area contributed by atoms with Gasteiger partial charge >= 0.3 is 0 Å². The van der Waals surface area contributed by atoms with E-state index in [-0.39, 0.29) is 18.5 Å². The first-order chi connectivity index (χ1) is 18.2. The third-order valence-corrected chi connectivity index (χ3v) is 13.1. The van der Waals surface area contributed by atoms with Crippen LogP contribution in [0.1, 0.15) is 118 Å². The molecule has 38 heavy (non-hydrogen) atoms. The molecule has 4 heteroatoms. The summed E-state index contributed by atoms with van der Waals surface area (Å²) in [5, 5.41) is 0. The Labute approximate surface area is 234 Å². The van der Waals surface area contributed by atoms with Crippen LogP contribution in [0.25, 0.3) is 0 Å². The first-order valence-corrected chi connectivity index (χ1v) is 16.5. The summed E-state index contributed by atoms with van der Waals surface area (Å²) in [4.78, 5) is 0. The van der Waals surface area contributed by atoms with Gasteiger partial charge in [0.05, 0.1) is 18.8 Å². The van der Waals surface area contributed by atoms with Crippen molar-refractivity contribution >= 4 is 0 Å². The third-order valence-electron chi connectivity index (χ3n) is 13.1. The number of rotatable bonds is 9. The van der Waals surface area contributed by atoms with Crippen molar-refractivity contribution in [2.45, 2.75) is 143 Å². The normalized spacial score (nSPS) is 47.8. The largest absolute Gasteiger partial charge is 0.378 e. The fourth-order valence-corrected chi connectivity index (χ4v) is 10.9. The Balaban J connectivity index is 1.18. The third kappa shape index (κ3) is 5.51. The van der Waals surface area contributed by atoms with Gasteiger partial charge in [0.2, 0.25) is 0 Å². The molecule has 0 N–H and O–H groups in total. The lowest BCUT2D eigenvalue weighted by Gasteiger charge is -2.61. The van der Waals surface area contributed by atoms with E-state index in [1.807, 2.05) is 0 Å². The van der Waals surface area contributed by atoms with Crippen LogP contribution in [0.2, 0.25) is 0 Å². The maximum atomic E-state index is 6.60. The van der Waals surface area contributed by atoms with Crippen LogP contribution in [0.5, 0.6) is 0 Å². The molecular formula is C34H60O4. The minimum atomic E-state index is -0.148. The number of methoxy groups -OCH3 is 2. The minimum absolute atomic E-state index is 0.0139. The molecule has 1 heterocycles. The highest BCUT2D eigenvalue weighted by Crippen LogP contribution is 2.68. The van der Waals surface area contributed by atoms with Crippen LogP contribution in [0, 0.1) is 52.3 Å². The molecule has 4 aliphatic carbocycles. The average molecular weight is 533 g/mol. The Bertz CT molecular complexity index is 770. The van der Waals surface area contributed by atoms with E-state index in [1.165, 1.54) is 77.0 Å². The maximum Gasteiger partial charge on any atom is 0.160 e. The number of ether oxygens (including phenoxy) is 4. The summed E-state index contributed by atoms with van der Waals surface area (Å²) in [6.45, 7) is 13.4. The number of hydrogen-bond donors (Lipinski definition) is 0. The molecule has 5 aliphatic rings. The van der Waals surface area contributed by atoms with Gasteiger partial charge in [-0.1, -0.05) is 53.9 Å². The monoisotopic (exact) mass is 532 g/mol. The molecule has 0 bridgehead atoms. The van der Waals surface area contributed by atoms with E-state index >= 15 is 0 Å². The average Bonchev–Trinajstić information content (AvgIpc) is 3.26. The molecule has 5 fully saturated rings. The van der Waals surface area contributed by atoms with E-state index in [0.29, 0.717) is 23.5 Å². The van der Waals surface area contributed by atoms with Gasteiger partial charge in [-0.05, 0) is 110 Å². The van der Waals surface area contributed by atoms with Gasteiger partial charge in [0, 0.05) is 20.6 Å². The first kappa shape index (κ1) is 29.3. The molecule has 0 amide bonds. The van der Waals surface area contributed by atoms with Crippen molar-refractivity contribution in [3.63, 3.8) is 0 Å². The van der Waals surface area contributed by atoms with Gasteiger partial charge < -0.3 is 18.9 Å². The van der Waals surface area contributed by atoms with Crippen molar-refractivity contribution in [1.29, 1.82) is 0 Å². The lowest BCUT2D eigenvalue weighted by molar-refractivity contribution is -0.252. The zero-order valence-corrected chi connectivity index (χ0v) is 25.9. The van der Waals surface area contributed by atoms with Crippen molar-refractivity contribution in [2.24, 2.45) is 52.3 Å². The molecule has 1 aliphatic heterocycles. The molecular weight excluding hydrogens is 472 g/mol. The van der Waals surface area contributed by atoms with Crippen molar-refractivity contribution in [1.82, 2.24) is 0 Å². The molecule has 1 unspecified atom stereocenters. The van der Waals surface area contributed by atoms with Crippen LogP contribution >= 0.6 is 0 Å². The highest BCUT2D eigenvalue weighted by Gasteiger charge is 2.60. The van der Waals surface area contributed by atoms with Crippen LogP contribution in [0.4, 0.5) is 0 Å². The summed E-state index contributed by atoms with van der Waals surface area (Å²) >= 11 is 0. The Kier molecular flexibility index (Phi) is 9.25. The fourth-order valence-electron chi connectivity index (χ4n) is 10.9. The SMILES string of the molecule is CO[C@H]1COC(O[C@H]2CC[C@@]3(C)[C@@H](CC[C@@H]4[C@@H]3CC[C@]3(C)[C@@H]([C@@H](C)CCCC(C)C)CC[C@@H]43)C2)C[C@H]1OC. The summed E-state index contributed by atoms with van der Waals surface area (Å²) in [6, 6.07) is 0. The van der Waals surface area contributed by atoms with Gasteiger partial charge in [0.25, 0.3) is 0 Å². The zero-order valence-electron chi connectivity index (χ0n) is 25.9. The highest BCUT2D eigenvalue weighted by molar-refractivity contribution is 5.09. The molecule has 4 nitrogen and oxygen atoms in total. The molecule has 0 aromatic heterocycles. The summed E-state index contributed by atoms with van der Waals surface area (Å²) in [6.07, 6.45) is 17.9. The van der Waals surface area contributed by atoms with Crippen LogP contribution in [-0.4, -0.2) is 45.4 Å².